The first-order valence-corrected chi connectivity index (χ1v) is 6.62. The third kappa shape index (κ3) is 1.99. The van der Waals surface area contributed by atoms with Crippen LogP contribution in [-0.2, 0) is 6.42 Å². The average Bonchev–Trinajstić information content (AvgIpc) is 2.45. The highest BCUT2D eigenvalue weighted by atomic mass is 16.4. The molecule has 0 unspecified atom stereocenters. The number of aromatic carboxylic acids is 1. The maximum Gasteiger partial charge on any atom is 0.337 e. The SMILES string of the molecule is CCCc1cccc2nc3cccc(C(=O)O)c3nc12. The molecule has 4 heteroatoms. The van der Waals surface area contributed by atoms with E-state index in [1.54, 1.807) is 18.2 Å². The predicted molar refractivity (Wildman–Crippen MR) is 78.0 cm³/mol. The molecule has 1 aromatic heterocycles. The summed E-state index contributed by atoms with van der Waals surface area (Å²) >= 11 is 0. The Morgan fingerprint density at radius 2 is 1.75 bits per heavy atom. The number of aromatic nitrogens is 2. The van der Waals surface area contributed by atoms with Gasteiger partial charge in [-0.2, -0.15) is 0 Å². The van der Waals surface area contributed by atoms with Crippen LogP contribution >= 0.6 is 0 Å². The zero-order valence-corrected chi connectivity index (χ0v) is 11.1. The standard InChI is InChI=1S/C16H14N2O2/c1-2-5-10-6-3-8-12-14(10)18-15-11(16(19)20)7-4-9-13(15)17-12/h3-4,6-9H,2,5H2,1H3,(H,19,20). The zero-order chi connectivity index (χ0) is 14.1. The zero-order valence-electron chi connectivity index (χ0n) is 11.1. The third-order valence-electron chi connectivity index (χ3n) is 3.33. The van der Waals surface area contributed by atoms with E-state index in [0.717, 1.165) is 29.4 Å². The molecule has 1 heterocycles. The normalized spacial score (nSPS) is 11.1. The average molecular weight is 266 g/mol. The van der Waals surface area contributed by atoms with Crippen LogP contribution in [0.5, 0.6) is 0 Å². The molecule has 20 heavy (non-hydrogen) atoms. The van der Waals surface area contributed by atoms with Crippen molar-refractivity contribution in [2.75, 3.05) is 0 Å². The molecule has 0 aliphatic rings. The maximum absolute atomic E-state index is 11.3. The first kappa shape index (κ1) is 12.5. The molecule has 0 fully saturated rings. The van der Waals surface area contributed by atoms with Crippen molar-refractivity contribution in [3.05, 3.63) is 47.5 Å². The monoisotopic (exact) mass is 266 g/mol. The summed E-state index contributed by atoms with van der Waals surface area (Å²) in [7, 11) is 0. The molecule has 0 saturated heterocycles. The second-order valence-corrected chi connectivity index (χ2v) is 4.74. The van der Waals surface area contributed by atoms with E-state index in [2.05, 4.69) is 16.9 Å². The van der Waals surface area contributed by atoms with E-state index in [4.69, 9.17) is 0 Å². The summed E-state index contributed by atoms with van der Waals surface area (Å²) in [5.41, 5.74) is 3.99. The van der Waals surface area contributed by atoms with Gasteiger partial charge in [0, 0.05) is 0 Å². The van der Waals surface area contributed by atoms with Crippen molar-refractivity contribution in [2.24, 2.45) is 0 Å². The maximum atomic E-state index is 11.3. The van der Waals surface area contributed by atoms with Crippen molar-refractivity contribution in [2.45, 2.75) is 19.8 Å². The number of para-hydroxylation sites is 2. The number of rotatable bonds is 3. The van der Waals surface area contributed by atoms with E-state index in [9.17, 15) is 9.90 Å². The highest BCUT2D eigenvalue weighted by Crippen LogP contribution is 2.22. The molecule has 0 radical (unpaired) electrons. The van der Waals surface area contributed by atoms with Crippen LogP contribution in [0.25, 0.3) is 22.1 Å². The van der Waals surface area contributed by atoms with E-state index in [-0.39, 0.29) is 5.56 Å². The van der Waals surface area contributed by atoms with Crippen molar-refractivity contribution in [1.29, 1.82) is 0 Å². The largest absolute Gasteiger partial charge is 0.478 e. The fourth-order valence-electron chi connectivity index (χ4n) is 2.42. The van der Waals surface area contributed by atoms with Crippen LogP contribution in [0.2, 0.25) is 0 Å². The number of carbonyl (C=O) groups is 1. The summed E-state index contributed by atoms with van der Waals surface area (Å²) < 4.78 is 0. The van der Waals surface area contributed by atoms with Crippen LogP contribution in [0.1, 0.15) is 29.3 Å². The molecule has 4 nitrogen and oxygen atoms in total. The molecule has 0 aliphatic heterocycles. The second-order valence-electron chi connectivity index (χ2n) is 4.74. The van der Waals surface area contributed by atoms with E-state index >= 15 is 0 Å². The third-order valence-corrected chi connectivity index (χ3v) is 3.33. The van der Waals surface area contributed by atoms with Gasteiger partial charge >= 0.3 is 5.97 Å². The Kier molecular flexibility index (Phi) is 3.06. The fraction of sp³-hybridized carbons (Fsp3) is 0.188. The topological polar surface area (TPSA) is 63.1 Å². The van der Waals surface area contributed by atoms with Gasteiger partial charge in [-0.05, 0) is 30.2 Å². The summed E-state index contributed by atoms with van der Waals surface area (Å²) in [4.78, 5) is 20.4. The van der Waals surface area contributed by atoms with E-state index in [0.29, 0.717) is 11.0 Å². The summed E-state index contributed by atoms with van der Waals surface area (Å²) in [6, 6.07) is 11.0. The molecule has 0 bridgehead atoms. The Hall–Kier alpha value is -2.49. The highest BCUT2D eigenvalue weighted by Gasteiger charge is 2.12. The van der Waals surface area contributed by atoms with Crippen LogP contribution in [0.15, 0.2) is 36.4 Å². The Morgan fingerprint density at radius 3 is 2.45 bits per heavy atom. The first-order chi connectivity index (χ1) is 9.70. The van der Waals surface area contributed by atoms with Gasteiger partial charge in [0.25, 0.3) is 0 Å². The Balaban J connectivity index is 2.39. The lowest BCUT2D eigenvalue weighted by Crippen LogP contribution is -2.01. The number of hydrogen-bond acceptors (Lipinski definition) is 3. The first-order valence-electron chi connectivity index (χ1n) is 6.62. The van der Waals surface area contributed by atoms with E-state index in [1.807, 2.05) is 18.2 Å². The Labute approximate surface area is 116 Å². The van der Waals surface area contributed by atoms with Crippen molar-refractivity contribution >= 4 is 28.0 Å². The highest BCUT2D eigenvalue weighted by molar-refractivity contribution is 6.02. The minimum atomic E-state index is -0.975. The van der Waals surface area contributed by atoms with Crippen molar-refractivity contribution in [3.63, 3.8) is 0 Å². The molecular weight excluding hydrogens is 252 g/mol. The summed E-state index contributed by atoms with van der Waals surface area (Å²) in [5.74, 6) is -0.975. The molecule has 0 amide bonds. The lowest BCUT2D eigenvalue weighted by atomic mass is 10.1. The molecule has 100 valence electrons. The molecule has 3 rings (SSSR count). The van der Waals surface area contributed by atoms with Crippen molar-refractivity contribution in [3.8, 4) is 0 Å². The van der Waals surface area contributed by atoms with Gasteiger partial charge in [-0.1, -0.05) is 31.5 Å². The number of carboxylic acids is 1. The molecule has 0 aliphatic carbocycles. The summed E-state index contributed by atoms with van der Waals surface area (Å²) in [6.07, 6.45) is 1.92. The quantitative estimate of drug-likeness (QED) is 0.738. The molecule has 0 atom stereocenters. The number of benzene rings is 2. The predicted octanol–water partition coefficient (Wildman–Crippen LogP) is 3.43. The molecule has 0 spiro atoms. The number of nitrogens with zero attached hydrogens (tertiary/aromatic N) is 2. The summed E-state index contributed by atoms with van der Waals surface area (Å²) in [6.45, 7) is 2.11. The van der Waals surface area contributed by atoms with Crippen LogP contribution in [0, 0.1) is 0 Å². The van der Waals surface area contributed by atoms with Crippen LogP contribution in [-0.4, -0.2) is 21.0 Å². The molecule has 1 N–H and O–H groups in total. The molecule has 2 aromatic carbocycles. The lowest BCUT2D eigenvalue weighted by molar-refractivity contribution is 0.0699. The van der Waals surface area contributed by atoms with Crippen LogP contribution < -0.4 is 0 Å². The van der Waals surface area contributed by atoms with Crippen molar-refractivity contribution in [1.82, 2.24) is 9.97 Å². The number of carboxylic acid groups (broad SMARTS) is 1. The van der Waals surface area contributed by atoms with Gasteiger partial charge in [-0.15, -0.1) is 0 Å². The van der Waals surface area contributed by atoms with Crippen molar-refractivity contribution < 1.29 is 9.90 Å². The number of aryl methyl sites for hydroxylation is 1. The Bertz CT molecular complexity index is 812. The van der Waals surface area contributed by atoms with E-state index < -0.39 is 5.97 Å². The van der Waals surface area contributed by atoms with Crippen LogP contribution in [0.3, 0.4) is 0 Å². The second kappa shape index (κ2) is 4.89. The molecule has 3 aromatic rings. The molecule has 0 saturated carbocycles. The lowest BCUT2D eigenvalue weighted by Gasteiger charge is -2.07. The van der Waals surface area contributed by atoms with Gasteiger partial charge in [0.2, 0.25) is 0 Å². The molecular formula is C16H14N2O2. The fourth-order valence-corrected chi connectivity index (χ4v) is 2.42. The Morgan fingerprint density at radius 1 is 1.05 bits per heavy atom. The number of fused-ring (bicyclic) bond motifs is 2. The minimum Gasteiger partial charge on any atom is -0.478 e. The van der Waals surface area contributed by atoms with Gasteiger partial charge in [0.05, 0.1) is 22.1 Å². The smallest absolute Gasteiger partial charge is 0.337 e. The summed E-state index contributed by atoms with van der Waals surface area (Å²) in [5, 5.41) is 9.26. The van der Waals surface area contributed by atoms with Gasteiger partial charge in [-0.3, -0.25) is 0 Å². The van der Waals surface area contributed by atoms with Gasteiger partial charge in [0.1, 0.15) is 5.52 Å². The van der Waals surface area contributed by atoms with E-state index in [1.165, 1.54) is 0 Å². The van der Waals surface area contributed by atoms with Gasteiger partial charge < -0.3 is 5.11 Å². The minimum absolute atomic E-state index is 0.197. The van der Waals surface area contributed by atoms with Gasteiger partial charge in [-0.25, -0.2) is 14.8 Å². The van der Waals surface area contributed by atoms with Crippen LogP contribution in [0.4, 0.5) is 0 Å². The van der Waals surface area contributed by atoms with Gasteiger partial charge in [0.15, 0.2) is 0 Å². The number of hydrogen-bond donors (Lipinski definition) is 1.